The van der Waals surface area contributed by atoms with Gasteiger partial charge < -0.3 is 33.6 Å². The van der Waals surface area contributed by atoms with E-state index in [1.54, 1.807) is 0 Å². The highest BCUT2D eigenvalue weighted by Gasteiger charge is 2.71. The van der Waals surface area contributed by atoms with Crippen LogP contribution in [0.15, 0.2) is 5.16 Å². The van der Waals surface area contributed by atoms with Crippen molar-refractivity contribution in [2.45, 2.75) is 141 Å². The summed E-state index contributed by atoms with van der Waals surface area (Å²) >= 11 is 0. The van der Waals surface area contributed by atoms with Gasteiger partial charge in [-0.2, -0.15) is 0 Å². The third kappa shape index (κ3) is 4.64. The lowest BCUT2D eigenvalue weighted by molar-refractivity contribution is -0.577. The second-order valence-corrected chi connectivity index (χ2v) is 15.8. The van der Waals surface area contributed by atoms with Crippen LogP contribution in [0, 0.1) is 47.3 Å². The molecule has 10 fully saturated rings. The number of rotatable bonds is 6. The van der Waals surface area contributed by atoms with Crippen molar-refractivity contribution in [1.29, 1.82) is 0 Å². The van der Waals surface area contributed by atoms with Gasteiger partial charge in [-0.1, -0.05) is 32.9 Å². The molecule has 12 heteroatoms. The van der Waals surface area contributed by atoms with Crippen LogP contribution < -0.4 is 0 Å². The van der Waals surface area contributed by atoms with Gasteiger partial charge in [0.1, 0.15) is 5.71 Å². The third-order valence-electron chi connectivity index (χ3n) is 13.2. The summed E-state index contributed by atoms with van der Waals surface area (Å²) in [5.41, 5.74) is -0.967. The lowest BCUT2D eigenvalue weighted by Crippen LogP contribution is -2.70. The Balaban J connectivity index is 0.936. The first-order chi connectivity index (χ1) is 21.5. The lowest BCUT2D eigenvalue weighted by atomic mass is 9.58. The second-order valence-electron chi connectivity index (χ2n) is 15.8. The van der Waals surface area contributed by atoms with Crippen LogP contribution in [-0.4, -0.2) is 72.1 Å². The first-order valence-corrected chi connectivity index (χ1v) is 17.3. The minimum atomic E-state index is -0.852. The molecule has 10 aliphatic rings. The van der Waals surface area contributed by atoms with Gasteiger partial charge in [0.2, 0.25) is 11.6 Å². The lowest BCUT2D eigenvalue weighted by Gasteiger charge is -2.60. The fourth-order valence-electron chi connectivity index (χ4n) is 10.6. The maximum absolute atomic E-state index is 9.97. The second kappa shape index (κ2) is 11.0. The Morgan fingerprint density at radius 2 is 1.09 bits per heavy atom. The molecule has 0 radical (unpaired) electrons. The van der Waals surface area contributed by atoms with Crippen molar-refractivity contribution in [2.24, 2.45) is 52.5 Å². The van der Waals surface area contributed by atoms with Gasteiger partial charge in [-0.15, -0.1) is 0 Å². The van der Waals surface area contributed by atoms with E-state index in [1.807, 2.05) is 13.8 Å². The zero-order valence-corrected chi connectivity index (χ0v) is 27.5. The average molecular weight is 638 g/mol. The summed E-state index contributed by atoms with van der Waals surface area (Å²) in [6.45, 7) is 12.8. The number of fused-ring (bicyclic) bond motifs is 4. The van der Waals surface area contributed by atoms with Crippen molar-refractivity contribution in [3.63, 3.8) is 0 Å². The zero-order valence-electron chi connectivity index (χ0n) is 27.5. The van der Waals surface area contributed by atoms with Crippen LogP contribution in [0.25, 0.3) is 0 Å². The van der Waals surface area contributed by atoms with Crippen molar-refractivity contribution in [2.75, 3.05) is 13.2 Å². The minimum Gasteiger partial charge on any atom is -0.411 e. The van der Waals surface area contributed by atoms with E-state index in [-0.39, 0.29) is 48.7 Å². The van der Waals surface area contributed by atoms with Crippen molar-refractivity contribution < 1.29 is 53.2 Å². The number of ether oxygens (including phenoxy) is 6. The smallest absolute Gasteiger partial charge is 0.201 e. The van der Waals surface area contributed by atoms with Crippen LogP contribution in [-0.2, 0) is 48.0 Å². The first-order valence-electron chi connectivity index (χ1n) is 17.3. The number of hydrogen-bond acceptors (Lipinski definition) is 12. The molecule has 8 saturated heterocycles. The topological polar surface area (TPSA) is 125 Å². The molecular weight excluding hydrogens is 586 g/mol. The Morgan fingerprint density at radius 3 is 1.51 bits per heavy atom. The molecule has 2 aliphatic carbocycles. The van der Waals surface area contributed by atoms with Crippen molar-refractivity contribution >= 4 is 5.71 Å². The molecule has 8 aliphatic heterocycles. The average Bonchev–Trinajstić information content (AvgIpc) is 3.39. The first kappa shape index (κ1) is 31.3. The molecule has 254 valence electrons. The molecule has 0 amide bonds. The van der Waals surface area contributed by atoms with Crippen molar-refractivity contribution in [1.82, 2.24) is 0 Å². The normalized spacial score (nSPS) is 56.5. The zero-order chi connectivity index (χ0) is 31.4. The maximum atomic E-state index is 9.97. The SMILES string of the molecule is C[C@H]1[C@@H](OCC(CO[C@H]2O[C@@H]3OC4(C)CC[C@H]5[C@H](C)CC[C@@H]([C@H]2C)[C@@]35OO4)=NO)O[C@@H]2OC3(C)CC[C@H]4[C@H](C)CC[C@@H]1[C@@]24OO3. The van der Waals surface area contributed by atoms with Crippen LogP contribution in [0.3, 0.4) is 0 Å². The van der Waals surface area contributed by atoms with Gasteiger partial charge in [0.15, 0.2) is 36.4 Å². The highest BCUT2D eigenvalue weighted by molar-refractivity contribution is 5.86. The minimum absolute atomic E-state index is 0.0117. The molecule has 0 aromatic rings. The van der Waals surface area contributed by atoms with E-state index in [1.165, 1.54) is 0 Å². The Kier molecular flexibility index (Phi) is 7.69. The molecule has 2 unspecified atom stereocenters. The summed E-state index contributed by atoms with van der Waals surface area (Å²) in [5.74, 6) is 0.135. The summed E-state index contributed by atoms with van der Waals surface area (Å²) < 4.78 is 38.6. The Hall–Kier alpha value is -0.930. The highest BCUT2D eigenvalue weighted by Crippen LogP contribution is 2.62. The van der Waals surface area contributed by atoms with E-state index in [4.69, 9.17) is 48.0 Å². The maximum Gasteiger partial charge on any atom is 0.201 e. The summed E-state index contributed by atoms with van der Waals surface area (Å²) in [7, 11) is 0. The molecular formula is C33H51NO11. The highest BCUT2D eigenvalue weighted by atomic mass is 17.3. The molecule has 0 aromatic carbocycles. The van der Waals surface area contributed by atoms with Crippen molar-refractivity contribution in [3.8, 4) is 0 Å². The van der Waals surface area contributed by atoms with Gasteiger partial charge in [0, 0.05) is 36.5 Å². The van der Waals surface area contributed by atoms with Gasteiger partial charge in [0.05, 0.1) is 13.2 Å². The number of hydrogen-bond donors (Lipinski definition) is 1. The Labute approximate surface area is 265 Å². The van der Waals surface area contributed by atoms with Crippen LogP contribution in [0.4, 0.5) is 0 Å². The van der Waals surface area contributed by atoms with Gasteiger partial charge in [-0.25, -0.2) is 19.6 Å². The molecule has 1 N–H and O–H groups in total. The molecule has 2 saturated carbocycles. The van der Waals surface area contributed by atoms with E-state index in [0.717, 1.165) is 51.4 Å². The van der Waals surface area contributed by atoms with E-state index in [2.05, 4.69) is 32.9 Å². The summed E-state index contributed by atoms with van der Waals surface area (Å²) in [6.07, 6.45) is 5.28. The van der Waals surface area contributed by atoms with Crippen molar-refractivity contribution in [3.05, 3.63) is 0 Å². The molecule has 8 heterocycles. The van der Waals surface area contributed by atoms with E-state index in [0.29, 0.717) is 17.5 Å². The molecule has 2 spiro atoms. The quantitative estimate of drug-likeness (QED) is 0.177. The Bertz CT molecular complexity index is 1090. The fourth-order valence-corrected chi connectivity index (χ4v) is 10.6. The predicted molar refractivity (Wildman–Crippen MR) is 155 cm³/mol. The van der Waals surface area contributed by atoms with Gasteiger partial charge in [-0.3, -0.25) is 0 Å². The molecule has 10 rings (SSSR count). The fraction of sp³-hybridized carbons (Fsp3) is 0.970. The van der Waals surface area contributed by atoms with E-state index in [9.17, 15) is 5.21 Å². The summed E-state index contributed by atoms with van der Waals surface area (Å²) in [4.78, 5) is 24.3. The molecule has 45 heavy (non-hydrogen) atoms. The summed E-state index contributed by atoms with van der Waals surface area (Å²) in [5, 5.41) is 13.5. The standard InChI is InChI=1S/C33H51NO11/c1-17-7-9-24-19(3)26(38-28-32(24)22(17)11-13-30(5,40-28)42-44-32)36-15-21(34-35)16-37-27-20(4)25-10-8-18(2)23-12-14-31(6)41-29(39-27)33(23,25)45-43-31/h17-20,22-29,35H,7-16H2,1-6H3/t17-,18-,19-,20-,22+,23+,24+,25+,26+,27+,28-,29-,30?,31?,32-,33-/m1/s1. The van der Waals surface area contributed by atoms with Gasteiger partial charge >= 0.3 is 0 Å². The molecule has 12 nitrogen and oxygen atoms in total. The van der Waals surface area contributed by atoms with Gasteiger partial charge in [0.25, 0.3) is 0 Å². The van der Waals surface area contributed by atoms with Crippen LogP contribution >= 0.6 is 0 Å². The predicted octanol–water partition coefficient (Wildman–Crippen LogP) is 5.27. The number of nitrogens with zero attached hydrogens (tertiary/aromatic N) is 1. The Morgan fingerprint density at radius 1 is 0.644 bits per heavy atom. The molecule has 0 aromatic heterocycles. The van der Waals surface area contributed by atoms with Crippen LogP contribution in [0.5, 0.6) is 0 Å². The monoisotopic (exact) mass is 637 g/mol. The van der Waals surface area contributed by atoms with E-state index < -0.39 is 47.9 Å². The van der Waals surface area contributed by atoms with Crippen LogP contribution in [0.1, 0.15) is 92.9 Å². The number of oxime groups is 1. The third-order valence-corrected chi connectivity index (χ3v) is 13.2. The summed E-state index contributed by atoms with van der Waals surface area (Å²) in [6, 6.07) is 0. The van der Waals surface area contributed by atoms with Gasteiger partial charge in [-0.05, 0) is 76.0 Å². The molecule has 16 atom stereocenters. The molecule has 4 bridgehead atoms. The largest absolute Gasteiger partial charge is 0.411 e. The van der Waals surface area contributed by atoms with Crippen LogP contribution in [0.2, 0.25) is 0 Å². The van der Waals surface area contributed by atoms with E-state index >= 15 is 0 Å².